The highest BCUT2D eigenvalue weighted by molar-refractivity contribution is 6.00. The number of alkyl halides is 3. The summed E-state index contributed by atoms with van der Waals surface area (Å²) in [6.45, 7) is 1.58. The van der Waals surface area contributed by atoms with E-state index in [0.717, 1.165) is 43.2 Å². The number of halogens is 3. The first-order chi connectivity index (χ1) is 17.5. The van der Waals surface area contributed by atoms with Crippen molar-refractivity contribution in [3.05, 3.63) is 69.7 Å². The number of aromatic nitrogens is 1. The summed E-state index contributed by atoms with van der Waals surface area (Å²) in [6, 6.07) is 11.5. The minimum Gasteiger partial charge on any atom is -0.373 e. The van der Waals surface area contributed by atoms with Crippen LogP contribution in [0.3, 0.4) is 0 Å². The zero-order valence-corrected chi connectivity index (χ0v) is 20.5. The van der Waals surface area contributed by atoms with Gasteiger partial charge < -0.3 is 14.9 Å². The van der Waals surface area contributed by atoms with Crippen molar-refractivity contribution >= 4 is 22.4 Å². The molecule has 2 aliphatic rings. The minimum atomic E-state index is -5.20. The second-order valence-corrected chi connectivity index (χ2v) is 10.5. The molecule has 3 aromatic rings. The van der Waals surface area contributed by atoms with Crippen molar-refractivity contribution in [2.75, 3.05) is 5.32 Å². The van der Waals surface area contributed by atoms with Crippen molar-refractivity contribution in [2.45, 2.75) is 75.5 Å². The predicted molar refractivity (Wildman–Crippen MR) is 132 cm³/mol. The van der Waals surface area contributed by atoms with Gasteiger partial charge in [0.1, 0.15) is 0 Å². The lowest BCUT2D eigenvalue weighted by molar-refractivity contribution is -0.257. The van der Waals surface area contributed by atoms with Crippen LogP contribution in [0.5, 0.6) is 0 Å². The van der Waals surface area contributed by atoms with Crippen LogP contribution >= 0.6 is 0 Å². The lowest BCUT2D eigenvalue weighted by Crippen LogP contribution is -2.59. The number of hydrogen-bond donors (Lipinski definition) is 2. The Kier molecular flexibility index (Phi) is 6.38. The number of hydrogen-bond acceptors (Lipinski definition) is 5. The number of anilines is 1. The van der Waals surface area contributed by atoms with Gasteiger partial charge in [-0.15, -0.1) is 0 Å². The van der Waals surface area contributed by atoms with Crippen LogP contribution in [0.1, 0.15) is 61.8 Å². The molecule has 9 heteroatoms. The Morgan fingerprint density at radius 1 is 1.14 bits per heavy atom. The third kappa shape index (κ3) is 4.33. The number of carbonyl (C=O) groups excluding carboxylic acids is 1. The van der Waals surface area contributed by atoms with Gasteiger partial charge in [-0.2, -0.15) is 13.2 Å². The summed E-state index contributed by atoms with van der Waals surface area (Å²) in [5.41, 5.74) is -3.09. The molecule has 0 radical (unpaired) electrons. The number of rotatable bonds is 5. The first kappa shape index (κ1) is 25.4. The van der Waals surface area contributed by atoms with E-state index >= 15 is 0 Å². The summed E-state index contributed by atoms with van der Waals surface area (Å²) in [6.07, 6.45) is -0.626. The fourth-order valence-corrected chi connectivity index (χ4v) is 6.49. The third-order valence-electron chi connectivity index (χ3n) is 8.33. The lowest BCUT2D eigenvalue weighted by Gasteiger charge is -2.48. The van der Waals surface area contributed by atoms with Crippen LogP contribution in [0.15, 0.2) is 51.8 Å². The van der Waals surface area contributed by atoms with Crippen molar-refractivity contribution in [2.24, 2.45) is 5.92 Å². The molecule has 1 saturated carbocycles. The van der Waals surface area contributed by atoms with E-state index in [9.17, 15) is 27.9 Å². The SMILES string of the molecule is Cc1noc(=O)c2ccc(NC(=O)[C@@](O)(C[C@]3(C4CCCC4)CCCc4ccccc43)C(F)(F)F)cc12. The molecule has 0 bridgehead atoms. The second-order valence-electron chi connectivity index (χ2n) is 10.5. The van der Waals surface area contributed by atoms with Crippen LogP contribution in [0.4, 0.5) is 18.9 Å². The molecule has 1 heterocycles. The van der Waals surface area contributed by atoms with E-state index in [-0.39, 0.29) is 17.0 Å². The van der Waals surface area contributed by atoms with E-state index in [2.05, 4.69) is 15.0 Å². The van der Waals surface area contributed by atoms with Crippen LogP contribution in [-0.2, 0) is 16.6 Å². The van der Waals surface area contributed by atoms with Gasteiger partial charge in [-0.3, -0.25) is 4.79 Å². The lowest BCUT2D eigenvalue weighted by atomic mass is 9.58. The molecule has 0 saturated heterocycles. The van der Waals surface area contributed by atoms with E-state index in [4.69, 9.17) is 0 Å². The molecular weight excluding hydrogens is 485 g/mol. The molecule has 1 fully saturated rings. The highest BCUT2D eigenvalue weighted by atomic mass is 19.4. The number of aryl methyl sites for hydroxylation is 2. The van der Waals surface area contributed by atoms with Gasteiger partial charge >= 0.3 is 11.8 Å². The highest BCUT2D eigenvalue weighted by Crippen LogP contribution is 2.55. The van der Waals surface area contributed by atoms with Gasteiger partial charge in [0.15, 0.2) is 0 Å². The van der Waals surface area contributed by atoms with Gasteiger partial charge in [0, 0.05) is 22.9 Å². The molecular formula is C28H29F3N2O4. The van der Waals surface area contributed by atoms with E-state index in [1.54, 1.807) is 6.92 Å². The zero-order chi connectivity index (χ0) is 26.4. The maximum Gasteiger partial charge on any atom is 0.426 e. The number of nitrogens with zero attached hydrogens (tertiary/aromatic N) is 1. The Morgan fingerprint density at radius 3 is 2.59 bits per heavy atom. The summed E-state index contributed by atoms with van der Waals surface area (Å²) in [5.74, 6) is -1.59. The van der Waals surface area contributed by atoms with Gasteiger partial charge in [-0.25, -0.2) is 4.79 Å². The Hall–Kier alpha value is -3.20. The Balaban J connectivity index is 1.55. The van der Waals surface area contributed by atoms with Crippen LogP contribution in [0.2, 0.25) is 0 Å². The Labute approximate surface area is 211 Å². The zero-order valence-electron chi connectivity index (χ0n) is 20.5. The first-order valence-electron chi connectivity index (χ1n) is 12.6. The molecule has 5 rings (SSSR count). The van der Waals surface area contributed by atoms with Crippen molar-refractivity contribution in [1.29, 1.82) is 0 Å². The topological polar surface area (TPSA) is 92.4 Å². The second kappa shape index (κ2) is 9.28. The van der Waals surface area contributed by atoms with Crippen molar-refractivity contribution in [1.82, 2.24) is 5.16 Å². The van der Waals surface area contributed by atoms with Gasteiger partial charge in [0.25, 0.3) is 5.91 Å². The Morgan fingerprint density at radius 2 is 1.86 bits per heavy atom. The molecule has 2 aromatic carbocycles. The van der Waals surface area contributed by atoms with E-state index in [0.29, 0.717) is 23.9 Å². The largest absolute Gasteiger partial charge is 0.426 e. The maximum absolute atomic E-state index is 14.6. The molecule has 0 aliphatic heterocycles. The quantitative estimate of drug-likeness (QED) is 0.464. The predicted octanol–water partition coefficient (Wildman–Crippen LogP) is 5.58. The van der Waals surface area contributed by atoms with E-state index in [1.807, 2.05) is 24.3 Å². The van der Waals surface area contributed by atoms with Gasteiger partial charge in [-0.1, -0.05) is 42.3 Å². The standard InChI is InChI=1S/C28H29F3N2O4/c1-17-22-15-20(12-13-21(22)24(34)37-33-17)32-25(35)27(36,28(29,30)31)16-26(19-9-3-4-10-19)14-6-8-18-7-2-5-11-23(18)26/h2,5,7,11-13,15,19,36H,3-4,6,8-10,14,16H2,1H3,(H,32,35)/t26-,27-/m0/s1. The average Bonchev–Trinajstić information content (AvgIpc) is 3.42. The molecule has 1 aromatic heterocycles. The Bertz CT molecular complexity index is 1400. The van der Waals surface area contributed by atoms with Crippen LogP contribution in [0.25, 0.3) is 10.8 Å². The molecule has 196 valence electrons. The van der Waals surface area contributed by atoms with Crippen molar-refractivity contribution < 1.29 is 27.6 Å². The number of nitrogens with one attached hydrogen (secondary N) is 1. The number of benzene rings is 2. The van der Waals surface area contributed by atoms with Crippen LogP contribution < -0.4 is 10.9 Å². The number of amides is 1. The molecule has 2 atom stereocenters. The van der Waals surface area contributed by atoms with E-state index < -0.39 is 35.1 Å². The summed E-state index contributed by atoms with van der Waals surface area (Å²) in [7, 11) is 0. The normalized spacial score (nSPS) is 22.0. The molecule has 2 N–H and O–H groups in total. The fraction of sp³-hybridized carbons (Fsp3) is 0.464. The first-order valence-corrected chi connectivity index (χ1v) is 12.6. The number of carbonyl (C=O) groups is 1. The molecule has 6 nitrogen and oxygen atoms in total. The minimum absolute atomic E-state index is 0.0228. The fourth-order valence-electron chi connectivity index (χ4n) is 6.49. The summed E-state index contributed by atoms with van der Waals surface area (Å²) < 4.78 is 48.6. The molecule has 1 amide bonds. The highest BCUT2D eigenvalue weighted by Gasteiger charge is 2.64. The summed E-state index contributed by atoms with van der Waals surface area (Å²) in [4.78, 5) is 25.3. The molecule has 0 unspecified atom stereocenters. The van der Waals surface area contributed by atoms with Gasteiger partial charge in [0.05, 0.1) is 11.1 Å². The van der Waals surface area contributed by atoms with E-state index in [1.165, 1.54) is 18.2 Å². The van der Waals surface area contributed by atoms with Crippen molar-refractivity contribution in [3.8, 4) is 0 Å². The summed E-state index contributed by atoms with van der Waals surface area (Å²) in [5, 5.41) is 17.7. The maximum atomic E-state index is 14.6. The number of aliphatic hydroxyl groups is 1. The smallest absolute Gasteiger partial charge is 0.373 e. The molecule has 0 spiro atoms. The monoisotopic (exact) mass is 514 g/mol. The third-order valence-corrected chi connectivity index (χ3v) is 8.33. The average molecular weight is 515 g/mol. The summed E-state index contributed by atoms with van der Waals surface area (Å²) >= 11 is 0. The van der Waals surface area contributed by atoms with Crippen molar-refractivity contribution in [3.63, 3.8) is 0 Å². The number of fused-ring (bicyclic) bond motifs is 2. The van der Waals surface area contributed by atoms with Gasteiger partial charge in [-0.05, 0) is 74.3 Å². The molecule has 37 heavy (non-hydrogen) atoms. The molecule has 2 aliphatic carbocycles. The van der Waals surface area contributed by atoms with Crippen LogP contribution in [-0.4, -0.2) is 27.9 Å². The van der Waals surface area contributed by atoms with Crippen LogP contribution in [0, 0.1) is 12.8 Å². The van der Waals surface area contributed by atoms with Gasteiger partial charge in [0.2, 0.25) is 5.60 Å².